The fourth-order valence-corrected chi connectivity index (χ4v) is 2.34. The highest BCUT2D eigenvalue weighted by molar-refractivity contribution is 7.99. The van der Waals surface area contributed by atoms with Crippen LogP contribution in [0.25, 0.3) is 0 Å². The molecule has 0 bridgehead atoms. The zero-order valence-corrected chi connectivity index (χ0v) is 13.9. The molecule has 3 amide bonds. The number of thioether (sulfide) groups is 1. The Labute approximate surface area is 138 Å². The van der Waals surface area contributed by atoms with Crippen LogP contribution in [0, 0.1) is 0 Å². The lowest BCUT2D eigenvalue weighted by Gasteiger charge is -2.09. The van der Waals surface area contributed by atoms with Crippen molar-refractivity contribution in [1.29, 1.82) is 0 Å². The monoisotopic (exact) mass is 343 g/mol. The van der Waals surface area contributed by atoms with E-state index in [0.717, 1.165) is 4.90 Å². The predicted molar refractivity (Wildman–Crippen MR) is 86.4 cm³/mol. The average molecular weight is 344 g/mol. The van der Waals surface area contributed by atoms with Crippen molar-refractivity contribution in [2.45, 2.75) is 31.2 Å². The summed E-state index contributed by atoms with van der Waals surface area (Å²) in [7, 11) is 0. The van der Waals surface area contributed by atoms with Gasteiger partial charge in [0.1, 0.15) is 0 Å². The van der Waals surface area contributed by atoms with E-state index in [1.54, 1.807) is 26.0 Å². The first-order chi connectivity index (χ1) is 10.4. The molecule has 0 heterocycles. The number of rotatable bonds is 5. The van der Waals surface area contributed by atoms with Crippen LogP contribution in [0.1, 0.15) is 20.3 Å². The van der Waals surface area contributed by atoms with Crippen LogP contribution in [-0.4, -0.2) is 29.5 Å². The molecule has 0 saturated heterocycles. The number of carbonyl (C=O) groups excluding carboxylic acids is 3. The highest BCUT2D eigenvalue weighted by Gasteiger charge is 2.14. The van der Waals surface area contributed by atoms with Crippen LogP contribution in [0.5, 0.6) is 0 Å². The van der Waals surface area contributed by atoms with E-state index in [4.69, 9.17) is 11.6 Å². The summed E-state index contributed by atoms with van der Waals surface area (Å²) in [5, 5.41) is 3.08. The van der Waals surface area contributed by atoms with Gasteiger partial charge in [-0.05, 0) is 38.1 Å². The maximum atomic E-state index is 11.5. The van der Waals surface area contributed by atoms with Crippen LogP contribution in [0.15, 0.2) is 29.2 Å². The molecular formula is C14H18ClN3O3S. The van der Waals surface area contributed by atoms with Gasteiger partial charge in [0, 0.05) is 28.1 Å². The molecule has 0 aliphatic heterocycles. The summed E-state index contributed by atoms with van der Waals surface area (Å²) in [6.45, 7) is 3.47. The van der Waals surface area contributed by atoms with Crippen molar-refractivity contribution in [3.05, 3.63) is 29.3 Å². The van der Waals surface area contributed by atoms with E-state index < -0.39 is 11.8 Å². The SMILES string of the molecule is CC(C)NC(=O)C(=O)NNC(=O)CCSc1ccc(Cl)cc1. The summed E-state index contributed by atoms with van der Waals surface area (Å²) >= 11 is 7.27. The molecule has 0 radical (unpaired) electrons. The van der Waals surface area contributed by atoms with Crippen molar-refractivity contribution in [2.24, 2.45) is 0 Å². The molecule has 0 fully saturated rings. The van der Waals surface area contributed by atoms with E-state index in [1.807, 2.05) is 12.1 Å². The number of carbonyl (C=O) groups is 3. The Bertz CT molecular complexity index is 535. The van der Waals surface area contributed by atoms with Gasteiger partial charge in [0.2, 0.25) is 5.91 Å². The third-order valence-electron chi connectivity index (χ3n) is 2.35. The minimum absolute atomic E-state index is 0.148. The molecule has 3 N–H and O–H groups in total. The zero-order chi connectivity index (χ0) is 16.5. The van der Waals surface area contributed by atoms with E-state index in [0.29, 0.717) is 10.8 Å². The van der Waals surface area contributed by atoms with Gasteiger partial charge >= 0.3 is 11.8 Å². The molecule has 0 aliphatic rings. The molecule has 1 aromatic rings. The molecule has 1 rings (SSSR count). The highest BCUT2D eigenvalue weighted by atomic mass is 35.5. The van der Waals surface area contributed by atoms with Crippen LogP contribution < -0.4 is 16.2 Å². The van der Waals surface area contributed by atoms with Crippen LogP contribution in [0.2, 0.25) is 5.02 Å². The third-order valence-corrected chi connectivity index (χ3v) is 3.62. The molecule has 0 aromatic heterocycles. The number of halogens is 1. The number of benzene rings is 1. The van der Waals surface area contributed by atoms with E-state index in [9.17, 15) is 14.4 Å². The molecule has 1 aromatic carbocycles. The molecule has 0 atom stereocenters. The van der Waals surface area contributed by atoms with Crippen molar-refractivity contribution in [2.75, 3.05) is 5.75 Å². The number of hydrogen-bond acceptors (Lipinski definition) is 4. The van der Waals surface area contributed by atoms with Crippen molar-refractivity contribution < 1.29 is 14.4 Å². The first kappa shape index (κ1) is 18.3. The Kier molecular flexibility index (Phi) is 7.76. The Balaban J connectivity index is 2.22. The smallest absolute Gasteiger partial charge is 0.327 e. The van der Waals surface area contributed by atoms with Gasteiger partial charge in [0.25, 0.3) is 0 Å². The molecule has 0 unspecified atom stereocenters. The third kappa shape index (κ3) is 7.33. The van der Waals surface area contributed by atoms with E-state index in [2.05, 4.69) is 16.2 Å². The highest BCUT2D eigenvalue weighted by Crippen LogP contribution is 2.20. The second-order valence-electron chi connectivity index (χ2n) is 4.68. The van der Waals surface area contributed by atoms with E-state index in [-0.39, 0.29) is 18.4 Å². The summed E-state index contributed by atoms with van der Waals surface area (Å²) < 4.78 is 0. The standard InChI is InChI=1S/C14H18ClN3O3S/c1-9(2)16-13(20)14(21)18-17-12(19)7-8-22-11-5-3-10(15)4-6-11/h3-6,9H,7-8H2,1-2H3,(H,16,20)(H,17,19)(H,18,21). The minimum Gasteiger partial charge on any atom is -0.346 e. The molecule has 0 saturated carbocycles. The number of amides is 3. The van der Waals surface area contributed by atoms with Crippen molar-refractivity contribution in [1.82, 2.24) is 16.2 Å². The lowest BCUT2D eigenvalue weighted by molar-refractivity contribution is -0.141. The Hall–Kier alpha value is -1.73. The van der Waals surface area contributed by atoms with Crippen LogP contribution >= 0.6 is 23.4 Å². The maximum absolute atomic E-state index is 11.5. The van der Waals surface area contributed by atoms with Crippen molar-refractivity contribution in [3.8, 4) is 0 Å². The normalized spacial score (nSPS) is 10.2. The molecule has 120 valence electrons. The minimum atomic E-state index is -0.896. The van der Waals surface area contributed by atoms with Gasteiger partial charge in [-0.15, -0.1) is 11.8 Å². The molecule has 6 nitrogen and oxygen atoms in total. The predicted octanol–water partition coefficient (Wildman–Crippen LogP) is 1.49. The summed E-state index contributed by atoms with van der Waals surface area (Å²) in [6.07, 6.45) is 0.208. The van der Waals surface area contributed by atoms with Gasteiger partial charge < -0.3 is 5.32 Å². The van der Waals surface area contributed by atoms with Crippen LogP contribution in [-0.2, 0) is 14.4 Å². The molecule has 0 aliphatic carbocycles. The molecular weight excluding hydrogens is 326 g/mol. The van der Waals surface area contributed by atoms with Crippen molar-refractivity contribution >= 4 is 41.1 Å². The van der Waals surface area contributed by atoms with Gasteiger partial charge in [-0.25, -0.2) is 0 Å². The second kappa shape index (κ2) is 9.32. The summed E-state index contributed by atoms with van der Waals surface area (Å²) in [5.41, 5.74) is 4.26. The summed E-state index contributed by atoms with van der Waals surface area (Å²) in [6, 6.07) is 7.13. The largest absolute Gasteiger partial charge is 0.346 e. The van der Waals surface area contributed by atoms with E-state index >= 15 is 0 Å². The van der Waals surface area contributed by atoms with Gasteiger partial charge in [0.05, 0.1) is 0 Å². The Morgan fingerprint density at radius 1 is 1.09 bits per heavy atom. The summed E-state index contributed by atoms with van der Waals surface area (Å²) in [5.74, 6) is -1.51. The van der Waals surface area contributed by atoms with E-state index in [1.165, 1.54) is 11.8 Å². The number of nitrogens with one attached hydrogen (secondary N) is 3. The summed E-state index contributed by atoms with van der Waals surface area (Å²) in [4.78, 5) is 35.2. The number of hydrogen-bond donors (Lipinski definition) is 3. The molecule has 22 heavy (non-hydrogen) atoms. The van der Waals surface area contributed by atoms with Crippen LogP contribution in [0.4, 0.5) is 0 Å². The molecule has 0 spiro atoms. The maximum Gasteiger partial charge on any atom is 0.327 e. The lowest BCUT2D eigenvalue weighted by Crippen LogP contribution is -2.49. The topological polar surface area (TPSA) is 87.3 Å². The van der Waals surface area contributed by atoms with Crippen molar-refractivity contribution in [3.63, 3.8) is 0 Å². The van der Waals surface area contributed by atoms with Gasteiger partial charge in [-0.3, -0.25) is 25.2 Å². The fourth-order valence-electron chi connectivity index (χ4n) is 1.37. The van der Waals surface area contributed by atoms with Gasteiger partial charge in [-0.1, -0.05) is 11.6 Å². The zero-order valence-electron chi connectivity index (χ0n) is 12.3. The molecule has 8 heteroatoms. The first-order valence-corrected chi connectivity index (χ1v) is 8.03. The Morgan fingerprint density at radius 3 is 2.32 bits per heavy atom. The first-order valence-electron chi connectivity index (χ1n) is 6.66. The van der Waals surface area contributed by atoms with Gasteiger partial charge in [-0.2, -0.15) is 0 Å². The quantitative estimate of drug-likeness (QED) is 0.429. The average Bonchev–Trinajstić information content (AvgIpc) is 2.46. The van der Waals surface area contributed by atoms with Crippen LogP contribution in [0.3, 0.4) is 0 Å². The lowest BCUT2D eigenvalue weighted by atomic mass is 10.4. The number of hydrazine groups is 1. The fraction of sp³-hybridized carbons (Fsp3) is 0.357. The Morgan fingerprint density at radius 2 is 1.73 bits per heavy atom. The van der Waals surface area contributed by atoms with Gasteiger partial charge in [0.15, 0.2) is 0 Å². The second-order valence-corrected chi connectivity index (χ2v) is 6.29.